The first-order valence-corrected chi connectivity index (χ1v) is 2.80. The summed E-state index contributed by atoms with van der Waals surface area (Å²) in [5.74, 6) is 0.303. The van der Waals surface area contributed by atoms with Gasteiger partial charge in [0.05, 0.1) is 6.54 Å². The lowest BCUT2D eigenvalue weighted by molar-refractivity contribution is -0.463. The summed E-state index contributed by atoms with van der Waals surface area (Å²) in [6.07, 6.45) is 0. The zero-order valence-corrected chi connectivity index (χ0v) is 5.96. The van der Waals surface area contributed by atoms with Crippen molar-refractivity contribution < 1.29 is 9.95 Å². The predicted molar refractivity (Wildman–Crippen MR) is 34.4 cm³/mol. The van der Waals surface area contributed by atoms with E-state index in [1.807, 2.05) is 0 Å². The van der Waals surface area contributed by atoms with Crippen molar-refractivity contribution in [1.82, 2.24) is 5.06 Å². The second kappa shape index (κ2) is 3.29. The molecule has 0 aliphatic heterocycles. The van der Waals surface area contributed by atoms with Crippen molar-refractivity contribution in [1.29, 1.82) is 0 Å². The second-order valence-corrected chi connectivity index (χ2v) is 1.77. The van der Waals surface area contributed by atoms with E-state index in [0.717, 1.165) is 5.06 Å². The molecule has 4 heteroatoms. The van der Waals surface area contributed by atoms with E-state index in [-0.39, 0.29) is 0 Å². The number of hydroxylamine groups is 3. The van der Waals surface area contributed by atoms with Crippen LogP contribution in [0.5, 0.6) is 0 Å². The summed E-state index contributed by atoms with van der Waals surface area (Å²) in [5.41, 5.74) is 0. The molecule has 0 amide bonds. The Morgan fingerprint density at radius 1 is 1.78 bits per heavy atom. The van der Waals surface area contributed by atoms with E-state index in [2.05, 4.69) is 0 Å². The van der Waals surface area contributed by atoms with Crippen LogP contribution >= 0.6 is 0 Å². The van der Waals surface area contributed by atoms with Crippen LogP contribution in [0, 0.1) is 5.21 Å². The molecule has 0 fully saturated rings. The van der Waals surface area contributed by atoms with Crippen molar-refractivity contribution in [2.75, 3.05) is 13.6 Å². The average molecular weight is 132 g/mol. The molecule has 4 nitrogen and oxygen atoms in total. The van der Waals surface area contributed by atoms with Crippen molar-refractivity contribution in [3.63, 3.8) is 0 Å². The number of rotatable bonds is 1. The fourth-order valence-electron chi connectivity index (χ4n) is 0.390. The molecule has 0 aliphatic carbocycles. The second-order valence-electron chi connectivity index (χ2n) is 1.77. The largest absolute Gasteiger partial charge is 0.715 e. The zero-order chi connectivity index (χ0) is 7.44. The first-order chi connectivity index (χ1) is 4.09. The van der Waals surface area contributed by atoms with E-state index < -0.39 is 0 Å². The summed E-state index contributed by atoms with van der Waals surface area (Å²) in [6.45, 7) is 3.63. The van der Waals surface area contributed by atoms with Gasteiger partial charge in [-0.2, -0.15) is 0 Å². The molecule has 0 aromatic heterocycles. The van der Waals surface area contributed by atoms with Crippen LogP contribution in [0.1, 0.15) is 13.8 Å². The van der Waals surface area contributed by atoms with E-state index in [1.165, 1.54) is 7.05 Å². The monoisotopic (exact) mass is 132 g/mol. The van der Waals surface area contributed by atoms with E-state index >= 15 is 0 Å². The average Bonchev–Trinajstić information content (AvgIpc) is 1.84. The van der Waals surface area contributed by atoms with Gasteiger partial charge in [-0.1, -0.05) is 0 Å². The van der Waals surface area contributed by atoms with E-state index in [4.69, 9.17) is 5.21 Å². The Hall–Kier alpha value is -0.770. The van der Waals surface area contributed by atoms with E-state index in [1.54, 1.807) is 13.8 Å². The Labute approximate surface area is 54.6 Å². The molecule has 54 valence electrons. The lowest BCUT2D eigenvalue weighted by atomic mass is 10.6. The molecular weight excluding hydrogens is 120 g/mol. The molecule has 0 saturated heterocycles. The quantitative estimate of drug-likeness (QED) is 0.183. The number of nitrogens with zero attached hydrogens (tertiary/aromatic N) is 2. The number of hydrogen-bond donors (Lipinski definition) is 1. The summed E-state index contributed by atoms with van der Waals surface area (Å²) in [4.78, 5) is 0. The third-order valence-electron chi connectivity index (χ3n) is 1.12. The van der Waals surface area contributed by atoms with Crippen LogP contribution in [-0.2, 0) is 0 Å². The van der Waals surface area contributed by atoms with Crippen molar-refractivity contribution in [3.8, 4) is 0 Å². The smallest absolute Gasteiger partial charge is 0.276 e. The van der Waals surface area contributed by atoms with Crippen molar-refractivity contribution in [2.24, 2.45) is 0 Å². The first-order valence-electron chi connectivity index (χ1n) is 2.80. The first kappa shape index (κ1) is 8.23. The molecular formula is C5H12N2O2. The predicted octanol–water partition coefficient (Wildman–Crippen LogP) is 0.256. The molecule has 0 heterocycles. The molecule has 1 N–H and O–H groups in total. The molecule has 0 aromatic carbocycles. The Morgan fingerprint density at radius 2 is 2.22 bits per heavy atom. The highest BCUT2D eigenvalue weighted by Gasteiger charge is 2.03. The van der Waals surface area contributed by atoms with Crippen molar-refractivity contribution in [2.45, 2.75) is 13.8 Å². The SMILES string of the molecule is CC[N+]([O-])=C(C)N(C)O. The van der Waals surface area contributed by atoms with Crippen molar-refractivity contribution in [3.05, 3.63) is 5.21 Å². The van der Waals surface area contributed by atoms with Crippen LogP contribution in [0.3, 0.4) is 0 Å². The molecule has 0 atom stereocenters. The molecule has 0 aliphatic rings. The van der Waals surface area contributed by atoms with Gasteiger partial charge in [0, 0.05) is 6.92 Å². The third-order valence-corrected chi connectivity index (χ3v) is 1.12. The van der Waals surface area contributed by atoms with Gasteiger partial charge in [-0.15, -0.1) is 5.06 Å². The Balaban J connectivity index is 4.10. The fourth-order valence-corrected chi connectivity index (χ4v) is 0.390. The maximum Gasteiger partial charge on any atom is 0.276 e. The van der Waals surface area contributed by atoms with Crippen LogP contribution < -0.4 is 0 Å². The molecule has 0 radical (unpaired) electrons. The van der Waals surface area contributed by atoms with Gasteiger partial charge in [-0.25, -0.2) is 5.21 Å². The summed E-state index contributed by atoms with van der Waals surface area (Å²) in [6, 6.07) is 0. The standard InChI is InChI=1S/C5H12N2O2/c1-4-7(9)5(2)6(3)8/h8H,4H2,1-3H3. The van der Waals surface area contributed by atoms with Gasteiger partial charge in [0.25, 0.3) is 5.84 Å². The number of hydrogen-bond acceptors (Lipinski definition) is 2. The summed E-state index contributed by atoms with van der Waals surface area (Å²) >= 11 is 0. The maximum atomic E-state index is 10.6. The molecule has 0 rings (SSSR count). The lowest BCUT2D eigenvalue weighted by Crippen LogP contribution is -2.27. The van der Waals surface area contributed by atoms with Gasteiger partial charge in [0.2, 0.25) is 0 Å². The fraction of sp³-hybridized carbons (Fsp3) is 0.800. The van der Waals surface area contributed by atoms with Gasteiger partial charge in [-0.05, 0) is 6.92 Å². The van der Waals surface area contributed by atoms with Gasteiger partial charge in [-0.3, -0.25) is 4.74 Å². The van der Waals surface area contributed by atoms with Crippen LogP contribution in [0.15, 0.2) is 0 Å². The molecule has 0 aromatic rings. The Kier molecular flexibility index (Phi) is 3.01. The third kappa shape index (κ3) is 2.32. The van der Waals surface area contributed by atoms with Crippen LogP contribution in [-0.4, -0.2) is 34.4 Å². The topological polar surface area (TPSA) is 49.5 Å². The Bertz CT molecular complexity index is 120. The minimum absolute atomic E-state index is 0.303. The van der Waals surface area contributed by atoms with Crippen LogP contribution in [0.2, 0.25) is 0 Å². The van der Waals surface area contributed by atoms with Gasteiger partial charge in [0.15, 0.2) is 0 Å². The van der Waals surface area contributed by atoms with Crippen molar-refractivity contribution >= 4 is 5.84 Å². The lowest BCUT2D eigenvalue weighted by Gasteiger charge is -2.11. The highest BCUT2D eigenvalue weighted by atomic mass is 16.5. The summed E-state index contributed by atoms with van der Waals surface area (Å²) < 4.78 is 0.708. The van der Waals surface area contributed by atoms with Crippen LogP contribution in [0.4, 0.5) is 0 Å². The van der Waals surface area contributed by atoms with Crippen LogP contribution in [0.25, 0.3) is 0 Å². The highest BCUT2D eigenvalue weighted by Crippen LogP contribution is 1.80. The van der Waals surface area contributed by atoms with E-state index in [9.17, 15) is 5.21 Å². The minimum Gasteiger partial charge on any atom is -0.715 e. The van der Waals surface area contributed by atoms with Gasteiger partial charge in [0.1, 0.15) is 7.05 Å². The minimum atomic E-state index is 0.303. The molecule has 0 unspecified atom stereocenters. The van der Waals surface area contributed by atoms with Gasteiger partial charge >= 0.3 is 0 Å². The normalized spacial score (nSPS) is 12.9. The summed E-state index contributed by atoms with van der Waals surface area (Å²) in [7, 11) is 1.41. The molecule has 9 heavy (non-hydrogen) atoms. The molecule has 0 spiro atoms. The summed E-state index contributed by atoms with van der Waals surface area (Å²) in [5, 5.41) is 20.1. The van der Waals surface area contributed by atoms with Gasteiger partial charge < -0.3 is 5.21 Å². The zero-order valence-electron chi connectivity index (χ0n) is 5.96. The molecule has 0 saturated carbocycles. The molecule has 0 bridgehead atoms. The highest BCUT2D eigenvalue weighted by molar-refractivity contribution is 5.72. The Morgan fingerprint density at radius 3 is 2.33 bits per heavy atom. The van der Waals surface area contributed by atoms with E-state index in [0.29, 0.717) is 17.1 Å². The number of amidine groups is 1. The maximum absolute atomic E-state index is 10.6.